The van der Waals surface area contributed by atoms with Gasteiger partial charge in [0.15, 0.2) is 0 Å². The Morgan fingerprint density at radius 3 is 2.26 bits per heavy atom. The molecule has 2 aromatic carbocycles. The third kappa shape index (κ3) is 5.42. The van der Waals surface area contributed by atoms with Gasteiger partial charge in [0.25, 0.3) is 0 Å². The van der Waals surface area contributed by atoms with Crippen LogP contribution in [-0.2, 0) is 15.0 Å². The van der Waals surface area contributed by atoms with Crippen LogP contribution in [0.4, 0.5) is 11.4 Å². The predicted molar refractivity (Wildman–Crippen MR) is 108 cm³/mol. The molecular formula is C22H25N3O2. The number of para-hydroxylation sites is 1. The van der Waals surface area contributed by atoms with Crippen LogP contribution in [0.5, 0.6) is 0 Å². The fraction of sp³-hybridized carbons (Fsp3) is 0.318. The zero-order chi connectivity index (χ0) is 20.0. The number of hydrogen-bond acceptors (Lipinski definition) is 3. The van der Waals surface area contributed by atoms with Crippen molar-refractivity contribution in [3.05, 3.63) is 59.7 Å². The molecule has 5 nitrogen and oxygen atoms in total. The highest BCUT2D eigenvalue weighted by atomic mass is 16.2. The second-order valence-corrected chi connectivity index (χ2v) is 7.42. The minimum Gasteiger partial charge on any atom is -0.325 e. The summed E-state index contributed by atoms with van der Waals surface area (Å²) in [4.78, 5) is 25.9. The molecule has 140 valence electrons. The summed E-state index contributed by atoms with van der Waals surface area (Å²) < 4.78 is 0. The fourth-order valence-electron chi connectivity index (χ4n) is 2.73. The molecule has 0 unspecified atom stereocenters. The van der Waals surface area contributed by atoms with E-state index >= 15 is 0 Å². The van der Waals surface area contributed by atoms with Crippen molar-refractivity contribution >= 4 is 23.2 Å². The van der Waals surface area contributed by atoms with Crippen molar-refractivity contribution in [1.82, 2.24) is 0 Å². The monoisotopic (exact) mass is 363 g/mol. The summed E-state index contributed by atoms with van der Waals surface area (Å²) >= 11 is 0. The zero-order valence-electron chi connectivity index (χ0n) is 16.2. The number of nitriles is 1. The van der Waals surface area contributed by atoms with Gasteiger partial charge in [-0.3, -0.25) is 9.59 Å². The third-order valence-corrected chi connectivity index (χ3v) is 4.31. The number of rotatable bonds is 5. The minimum absolute atomic E-state index is 0.0353. The molecule has 0 spiro atoms. The van der Waals surface area contributed by atoms with Crippen molar-refractivity contribution < 1.29 is 9.59 Å². The van der Waals surface area contributed by atoms with Crippen LogP contribution < -0.4 is 10.2 Å². The number of benzene rings is 2. The van der Waals surface area contributed by atoms with Crippen molar-refractivity contribution in [2.45, 2.75) is 39.5 Å². The smallest absolute Gasteiger partial charge is 0.226 e. The van der Waals surface area contributed by atoms with Gasteiger partial charge in [0.05, 0.1) is 11.3 Å². The summed E-state index contributed by atoms with van der Waals surface area (Å²) in [6.07, 6.45) is 0.139. The van der Waals surface area contributed by atoms with Crippen LogP contribution in [0.15, 0.2) is 48.5 Å². The Hall–Kier alpha value is -3.13. The van der Waals surface area contributed by atoms with Crippen molar-refractivity contribution in [3.8, 4) is 6.07 Å². The van der Waals surface area contributed by atoms with Crippen molar-refractivity contribution in [3.63, 3.8) is 0 Å². The summed E-state index contributed by atoms with van der Waals surface area (Å²) in [6.45, 7) is 8.15. The predicted octanol–water partition coefficient (Wildman–Crippen LogP) is 4.24. The molecule has 2 rings (SSSR count). The minimum atomic E-state index is -0.240. The van der Waals surface area contributed by atoms with E-state index in [0.29, 0.717) is 11.3 Å². The first-order valence-electron chi connectivity index (χ1n) is 8.90. The van der Waals surface area contributed by atoms with E-state index in [1.54, 1.807) is 29.2 Å². The molecule has 0 saturated heterocycles. The van der Waals surface area contributed by atoms with Gasteiger partial charge in [-0.05, 0) is 35.2 Å². The molecule has 0 aliphatic rings. The van der Waals surface area contributed by atoms with Crippen molar-refractivity contribution in [1.29, 1.82) is 5.26 Å². The number of nitrogens with one attached hydrogen (secondary N) is 1. The van der Waals surface area contributed by atoms with E-state index in [1.807, 2.05) is 30.3 Å². The molecule has 5 heteroatoms. The largest absolute Gasteiger partial charge is 0.325 e. The van der Waals surface area contributed by atoms with Gasteiger partial charge >= 0.3 is 0 Å². The molecule has 27 heavy (non-hydrogen) atoms. The van der Waals surface area contributed by atoms with E-state index in [4.69, 9.17) is 5.26 Å². The van der Waals surface area contributed by atoms with E-state index in [1.165, 1.54) is 12.5 Å². The van der Waals surface area contributed by atoms with Crippen LogP contribution in [0, 0.1) is 11.3 Å². The summed E-state index contributed by atoms with van der Waals surface area (Å²) in [5.41, 5.74) is 2.87. The second kappa shape index (κ2) is 8.50. The lowest BCUT2D eigenvalue weighted by atomic mass is 9.87. The summed E-state index contributed by atoms with van der Waals surface area (Å²) in [6, 6.07) is 16.7. The maximum atomic E-state index is 12.3. The van der Waals surface area contributed by atoms with Crippen LogP contribution in [0.25, 0.3) is 0 Å². The Morgan fingerprint density at radius 1 is 1.07 bits per heavy atom. The molecule has 0 saturated carbocycles. The van der Waals surface area contributed by atoms with Crippen LogP contribution in [-0.4, -0.2) is 18.4 Å². The molecule has 0 fully saturated rings. The molecule has 0 aromatic heterocycles. The molecule has 0 aliphatic heterocycles. The Balaban J connectivity index is 2.05. The lowest BCUT2D eigenvalue weighted by Gasteiger charge is -2.23. The van der Waals surface area contributed by atoms with E-state index in [-0.39, 0.29) is 30.2 Å². The second-order valence-electron chi connectivity index (χ2n) is 7.42. The average Bonchev–Trinajstić information content (AvgIpc) is 2.61. The molecule has 0 aliphatic carbocycles. The van der Waals surface area contributed by atoms with Gasteiger partial charge in [0.2, 0.25) is 11.8 Å². The molecule has 0 bridgehead atoms. The summed E-state index contributed by atoms with van der Waals surface area (Å²) in [5, 5.41) is 11.8. The fourth-order valence-corrected chi connectivity index (χ4v) is 2.73. The molecule has 1 N–H and O–H groups in total. The zero-order valence-corrected chi connectivity index (χ0v) is 16.2. The van der Waals surface area contributed by atoms with Crippen LogP contribution in [0.2, 0.25) is 0 Å². The van der Waals surface area contributed by atoms with Gasteiger partial charge in [-0.15, -0.1) is 0 Å². The first kappa shape index (κ1) is 20.2. The quantitative estimate of drug-likeness (QED) is 0.863. The Morgan fingerprint density at radius 2 is 1.70 bits per heavy atom. The highest BCUT2D eigenvalue weighted by molar-refractivity contribution is 5.95. The number of carbonyl (C=O) groups excluding carboxylic acids is 2. The summed E-state index contributed by atoms with van der Waals surface area (Å²) in [5.74, 6) is -0.362. The SMILES string of the molecule is CC(=O)N(CCC(=O)Nc1ccccc1C#N)c1ccc(C(C)(C)C)cc1. The van der Waals surface area contributed by atoms with Crippen molar-refractivity contribution in [2.75, 3.05) is 16.8 Å². The third-order valence-electron chi connectivity index (χ3n) is 4.31. The molecule has 0 radical (unpaired) electrons. The lowest BCUT2D eigenvalue weighted by molar-refractivity contribution is -0.117. The van der Waals surface area contributed by atoms with Gasteiger partial charge < -0.3 is 10.2 Å². The van der Waals surface area contributed by atoms with Gasteiger partial charge in [0.1, 0.15) is 6.07 Å². The number of carbonyl (C=O) groups is 2. The van der Waals surface area contributed by atoms with Crippen LogP contribution >= 0.6 is 0 Å². The van der Waals surface area contributed by atoms with Gasteiger partial charge in [0, 0.05) is 25.6 Å². The van der Waals surface area contributed by atoms with Gasteiger partial charge in [-0.25, -0.2) is 0 Å². The van der Waals surface area contributed by atoms with E-state index in [0.717, 1.165) is 5.69 Å². The average molecular weight is 363 g/mol. The Kier molecular flexibility index (Phi) is 6.36. The standard InChI is InChI=1S/C22H25N3O2/c1-16(26)25(19-11-9-18(10-12-19)22(2,3)4)14-13-21(27)24-20-8-6-5-7-17(20)15-23/h5-12H,13-14H2,1-4H3,(H,24,27). The number of hydrogen-bond donors (Lipinski definition) is 1. The first-order valence-corrected chi connectivity index (χ1v) is 8.90. The maximum absolute atomic E-state index is 12.3. The van der Waals surface area contributed by atoms with E-state index in [2.05, 4.69) is 26.1 Å². The topological polar surface area (TPSA) is 73.2 Å². The summed E-state index contributed by atoms with van der Waals surface area (Å²) in [7, 11) is 0. The van der Waals surface area contributed by atoms with E-state index < -0.39 is 0 Å². The number of nitrogens with zero attached hydrogens (tertiary/aromatic N) is 2. The molecule has 2 amide bonds. The van der Waals surface area contributed by atoms with Crippen LogP contribution in [0.1, 0.15) is 45.2 Å². The van der Waals surface area contributed by atoms with Crippen LogP contribution in [0.3, 0.4) is 0 Å². The molecular weight excluding hydrogens is 338 g/mol. The van der Waals surface area contributed by atoms with E-state index in [9.17, 15) is 9.59 Å². The number of anilines is 2. The maximum Gasteiger partial charge on any atom is 0.226 e. The number of amides is 2. The molecule has 0 heterocycles. The Labute approximate surface area is 160 Å². The molecule has 2 aromatic rings. The highest BCUT2D eigenvalue weighted by Crippen LogP contribution is 2.25. The normalized spacial score (nSPS) is 10.8. The van der Waals surface area contributed by atoms with Crippen molar-refractivity contribution in [2.24, 2.45) is 0 Å². The Bertz CT molecular complexity index is 858. The first-order chi connectivity index (χ1) is 12.7. The van der Waals surface area contributed by atoms with Gasteiger partial charge in [-0.2, -0.15) is 5.26 Å². The molecule has 0 atom stereocenters. The lowest BCUT2D eigenvalue weighted by Crippen LogP contribution is -2.32. The highest BCUT2D eigenvalue weighted by Gasteiger charge is 2.17. The van der Waals surface area contributed by atoms with Gasteiger partial charge in [-0.1, -0.05) is 45.0 Å².